The number of furan rings is 1. The number of benzene rings is 1. The molecule has 7 nitrogen and oxygen atoms in total. The van der Waals surface area contributed by atoms with E-state index in [2.05, 4.69) is 21.8 Å². The predicted octanol–water partition coefficient (Wildman–Crippen LogP) is 3.05. The summed E-state index contributed by atoms with van der Waals surface area (Å²) in [6.07, 6.45) is 4.85. The number of pyridine rings is 1. The topological polar surface area (TPSA) is 83.0 Å². The van der Waals surface area contributed by atoms with Gasteiger partial charge in [-0.05, 0) is 25.2 Å². The van der Waals surface area contributed by atoms with Gasteiger partial charge in [-0.1, -0.05) is 0 Å². The van der Waals surface area contributed by atoms with E-state index < -0.39 is 0 Å². The van der Waals surface area contributed by atoms with Gasteiger partial charge in [0.15, 0.2) is 11.0 Å². The maximum atomic E-state index is 13.0. The van der Waals surface area contributed by atoms with Crippen LogP contribution in [0.4, 0.5) is 0 Å². The minimum absolute atomic E-state index is 0.0997. The summed E-state index contributed by atoms with van der Waals surface area (Å²) in [7, 11) is 2.11. The van der Waals surface area contributed by atoms with Gasteiger partial charge in [-0.25, -0.2) is 0 Å². The fraction of sp³-hybridized carbons (Fsp3) is 0.273. The highest BCUT2D eigenvalue weighted by molar-refractivity contribution is 6.04. The number of rotatable bonds is 3. The van der Waals surface area contributed by atoms with Crippen molar-refractivity contribution < 1.29 is 13.9 Å². The second kappa shape index (κ2) is 7.02. The summed E-state index contributed by atoms with van der Waals surface area (Å²) in [5, 5.41) is 11.5. The SMILES string of the molecule is CN1CCN(Cc2c3occc3c(O)c3c(=O)cc(-c4cccnc4)oc23)CC1. The van der Waals surface area contributed by atoms with E-state index in [4.69, 9.17) is 8.83 Å². The average Bonchev–Trinajstić information content (AvgIpc) is 3.23. The molecule has 29 heavy (non-hydrogen) atoms. The molecule has 0 saturated carbocycles. The average molecular weight is 391 g/mol. The smallest absolute Gasteiger partial charge is 0.197 e. The number of aromatic nitrogens is 1. The lowest BCUT2D eigenvalue weighted by atomic mass is 10.0. The van der Waals surface area contributed by atoms with Crippen LogP contribution in [0.25, 0.3) is 33.3 Å². The normalized spacial score (nSPS) is 16.0. The van der Waals surface area contributed by atoms with Gasteiger partial charge in [0.25, 0.3) is 0 Å². The number of fused-ring (bicyclic) bond motifs is 2. The highest BCUT2D eigenvalue weighted by atomic mass is 16.3. The Hall–Kier alpha value is -3.16. The van der Waals surface area contributed by atoms with Crippen LogP contribution < -0.4 is 5.43 Å². The lowest BCUT2D eigenvalue weighted by molar-refractivity contribution is 0.148. The minimum atomic E-state index is -0.287. The molecule has 1 N–H and O–H groups in total. The molecule has 0 spiro atoms. The highest BCUT2D eigenvalue weighted by Gasteiger charge is 2.24. The van der Waals surface area contributed by atoms with Gasteiger partial charge in [0.2, 0.25) is 0 Å². The lowest BCUT2D eigenvalue weighted by Crippen LogP contribution is -2.43. The van der Waals surface area contributed by atoms with E-state index in [9.17, 15) is 9.90 Å². The molecule has 3 aromatic heterocycles. The maximum Gasteiger partial charge on any atom is 0.197 e. The van der Waals surface area contributed by atoms with Crippen LogP contribution in [0, 0.1) is 0 Å². The second-order valence-corrected chi connectivity index (χ2v) is 7.49. The zero-order valence-electron chi connectivity index (χ0n) is 16.1. The second-order valence-electron chi connectivity index (χ2n) is 7.49. The van der Waals surface area contributed by atoms with Crippen LogP contribution in [-0.2, 0) is 6.54 Å². The Labute approximate surface area is 166 Å². The molecule has 7 heteroatoms. The Kier molecular flexibility index (Phi) is 4.34. The van der Waals surface area contributed by atoms with E-state index in [-0.39, 0.29) is 16.6 Å². The van der Waals surface area contributed by atoms with E-state index in [1.54, 1.807) is 24.5 Å². The van der Waals surface area contributed by atoms with Crippen LogP contribution in [0.1, 0.15) is 5.56 Å². The fourth-order valence-corrected chi connectivity index (χ4v) is 3.92. The molecular weight excluding hydrogens is 370 g/mol. The van der Waals surface area contributed by atoms with Crippen LogP contribution in [0.3, 0.4) is 0 Å². The third-order valence-corrected chi connectivity index (χ3v) is 5.58. The Morgan fingerprint density at radius 1 is 1.17 bits per heavy atom. The molecule has 1 saturated heterocycles. The van der Waals surface area contributed by atoms with Gasteiger partial charge in [0.05, 0.1) is 17.2 Å². The van der Waals surface area contributed by atoms with Crippen molar-refractivity contribution in [2.24, 2.45) is 0 Å². The van der Waals surface area contributed by atoms with E-state index in [0.29, 0.717) is 34.4 Å². The molecule has 1 fully saturated rings. The van der Waals surface area contributed by atoms with Gasteiger partial charge in [-0.3, -0.25) is 14.7 Å². The summed E-state index contributed by atoms with van der Waals surface area (Å²) in [6.45, 7) is 4.35. The van der Waals surface area contributed by atoms with Gasteiger partial charge < -0.3 is 18.8 Å². The summed E-state index contributed by atoms with van der Waals surface area (Å²) < 4.78 is 11.9. The first-order valence-corrected chi connectivity index (χ1v) is 9.62. The quantitative estimate of drug-likeness (QED) is 0.575. The number of phenolic OH excluding ortho intramolecular Hbond substituents is 1. The maximum absolute atomic E-state index is 13.0. The van der Waals surface area contributed by atoms with Crippen molar-refractivity contribution in [2.75, 3.05) is 33.2 Å². The molecule has 148 valence electrons. The Morgan fingerprint density at radius 2 is 2.00 bits per heavy atom. The number of piperazine rings is 1. The van der Waals surface area contributed by atoms with Crippen molar-refractivity contribution in [2.45, 2.75) is 6.54 Å². The summed E-state index contributed by atoms with van der Waals surface area (Å²) in [5.41, 5.74) is 2.13. The third kappa shape index (κ3) is 3.08. The molecule has 0 radical (unpaired) electrons. The van der Waals surface area contributed by atoms with E-state index in [1.807, 2.05) is 6.07 Å². The molecule has 0 amide bonds. The first-order valence-electron chi connectivity index (χ1n) is 9.62. The van der Waals surface area contributed by atoms with E-state index in [1.165, 1.54) is 12.3 Å². The molecule has 4 aromatic rings. The van der Waals surface area contributed by atoms with Crippen molar-refractivity contribution in [3.8, 4) is 17.1 Å². The molecule has 1 aliphatic rings. The summed E-state index contributed by atoms with van der Waals surface area (Å²) in [5.74, 6) is 0.317. The number of likely N-dealkylation sites (N-methyl/N-ethyl adjacent to an activating group) is 1. The highest BCUT2D eigenvalue weighted by Crippen LogP contribution is 2.38. The van der Waals surface area contributed by atoms with Crippen LogP contribution in [0.2, 0.25) is 0 Å². The molecule has 1 aliphatic heterocycles. The van der Waals surface area contributed by atoms with Gasteiger partial charge in [0, 0.05) is 56.7 Å². The Morgan fingerprint density at radius 3 is 2.76 bits per heavy atom. The molecule has 4 heterocycles. The van der Waals surface area contributed by atoms with Crippen molar-refractivity contribution >= 4 is 21.9 Å². The van der Waals surface area contributed by atoms with Crippen LogP contribution in [0.5, 0.6) is 5.75 Å². The van der Waals surface area contributed by atoms with Crippen molar-refractivity contribution in [1.82, 2.24) is 14.8 Å². The molecular formula is C22H21N3O4. The molecule has 0 atom stereocenters. The van der Waals surface area contributed by atoms with Gasteiger partial charge >= 0.3 is 0 Å². The van der Waals surface area contributed by atoms with E-state index in [0.717, 1.165) is 31.7 Å². The zero-order valence-corrected chi connectivity index (χ0v) is 16.1. The number of phenols is 1. The first kappa shape index (κ1) is 17.9. The molecule has 0 bridgehead atoms. The van der Waals surface area contributed by atoms with Gasteiger partial charge in [-0.15, -0.1) is 0 Å². The molecule has 0 unspecified atom stereocenters. The van der Waals surface area contributed by atoms with Crippen molar-refractivity contribution in [1.29, 1.82) is 0 Å². The number of nitrogens with zero attached hydrogens (tertiary/aromatic N) is 3. The first-order chi connectivity index (χ1) is 14.1. The summed E-state index contributed by atoms with van der Waals surface area (Å²) in [4.78, 5) is 21.7. The monoisotopic (exact) mass is 391 g/mol. The zero-order chi connectivity index (χ0) is 20.0. The van der Waals surface area contributed by atoms with Gasteiger partial charge in [0.1, 0.15) is 22.5 Å². The number of hydrogen-bond acceptors (Lipinski definition) is 7. The Balaban J connectivity index is 1.74. The van der Waals surface area contributed by atoms with Crippen molar-refractivity contribution in [3.63, 3.8) is 0 Å². The molecule has 5 rings (SSSR count). The van der Waals surface area contributed by atoms with Crippen LogP contribution >= 0.6 is 0 Å². The standard InChI is InChI=1S/C22H21N3O4/c1-24-6-8-25(9-7-24)13-16-21-15(4-10-28-21)20(27)19-17(26)11-18(29-22(16)19)14-3-2-5-23-12-14/h2-5,10-12,27H,6-9,13H2,1H3. The predicted molar refractivity (Wildman–Crippen MR) is 110 cm³/mol. The van der Waals surface area contributed by atoms with Crippen molar-refractivity contribution in [3.05, 3.63) is 58.7 Å². The van der Waals surface area contributed by atoms with E-state index >= 15 is 0 Å². The lowest BCUT2D eigenvalue weighted by Gasteiger charge is -2.32. The Bertz CT molecular complexity index is 1240. The summed E-state index contributed by atoms with van der Waals surface area (Å²) in [6, 6.07) is 6.72. The van der Waals surface area contributed by atoms with Gasteiger partial charge in [-0.2, -0.15) is 0 Å². The van der Waals surface area contributed by atoms with Crippen LogP contribution in [0.15, 0.2) is 56.6 Å². The molecule has 1 aromatic carbocycles. The fourth-order valence-electron chi connectivity index (χ4n) is 3.92. The molecule has 0 aliphatic carbocycles. The third-order valence-electron chi connectivity index (χ3n) is 5.58. The van der Waals surface area contributed by atoms with Crippen LogP contribution in [-0.4, -0.2) is 53.1 Å². The number of hydrogen-bond donors (Lipinski definition) is 1. The number of aromatic hydroxyl groups is 1. The minimum Gasteiger partial charge on any atom is -0.506 e. The largest absolute Gasteiger partial charge is 0.506 e. The summed E-state index contributed by atoms with van der Waals surface area (Å²) >= 11 is 0.